The van der Waals surface area contributed by atoms with Gasteiger partial charge in [-0.3, -0.25) is 0 Å². The van der Waals surface area contributed by atoms with E-state index in [1.807, 2.05) is 0 Å². The first-order valence-electron chi connectivity index (χ1n) is 2.73. The van der Waals surface area contributed by atoms with Crippen molar-refractivity contribution in [1.29, 1.82) is 0 Å². The first kappa shape index (κ1) is 7.66. The molecular formula is C6H13NO. The predicted octanol–water partition coefficient (Wildman–Crippen LogP) is 1.10. The molecule has 2 nitrogen and oxygen atoms in total. The zero-order valence-corrected chi connectivity index (χ0v) is 5.53. The third-order valence-corrected chi connectivity index (χ3v) is 0.967. The first-order valence-corrected chi connectivity index (χ1v) is 2.73. The van der Waals surface area contributed by atoms with Crippen molar-refractivity contribution in [2.75, 3.05) is 13.7 Å². The average Bonchev–Trinajstić information content (AvgIpc) is 1.83. The lowest BCUT2D eigenvalue weighted by Crippen LogP contribution is -2.14. The summed E-state index contributed by atoms with van der Waals surface area (Å²) in [6, 6.07) is 0. The van der Waals surface area contributed by atoms with Crippen molar-refractivity contribution in [1.82, 2.24) is 5.48 Å². The minimum absolute atomic E-state index is 0.757. The zero-order valence-electron chi connectivity index (χ0n) is 5.53. The molecule has 0 fully saturated rings. The molecule has 8 heavy (non-hydrogen) atoms. The van der Waals surface area contributed by atoms with Crippen LogP contribution in [0.4, 0.5) is 0 Å². The monoisotopic (exact) mass is 115 g/mol. The molecule has 0 radical (unpaired) electrons. The van der Waals surface area contributed by atoms with Gasteiger partial charge in [-0.1, -0.05) is 19.1 Å². The number of hydrogen-bond donors (Lipinski definition) is 1. The summed E-state index contributed by atoms with van der Waals surface area (Å²) in [6.07, 6.45) is 1.01. The van der Waals surface area contributed by atoms with Crippen LogP contribution in [0.2, 0.25) is 0 Å². The van der Waals surface area contributed by atoms with Crippen LogP contribution < -0.4 is 5.48 Å². The van der Waals surface area contributed by atoms with Crippen LogP contribution in [0.5, 0.6) is 0 Å². The summed E-state index contributed by atoms with van der Waals surface area (Å²) in [6.45, 7) is 6.59. The van der Waals surface area contributed by atoms with Gasteiger partial charge in [0.25, 0.3) is 0 Å². The molecule has 48 valence electrons. The summed E-state index contributed by atoms with van der Waals surface area (Å²) in [5.74, 6) is 0. The van der Waals surface area contributed by atoms with Crippen molar-refractivity contribution in [3.05, 3.63) is 12.2 Å². The van der Waals surface area contributed by atoms with Crippen LogP contribution in [0, 0.1) is 0 Å². The van der Waals surface area contributed by atoms with Crippen molar-refractivity contribution in [3.8, 4) is 0 Å². The number of nitrogens with one attached hydrogen (secondary N) is 1. The highest BCUT2D eigenvalue weighted by atomic mass is 16.6. The molecule has 0 bridgehead atoms. The molecular weight excluding hydrogens is 102 g/mol. The van der Waals surface area contributed by atoms with Crippen LogP contribution in [0.25, 0.3) is 0 Å². The smallest absolute Gasteiger partial charge is 0.0572 e. The lowest BCUT2D eigenvalue weighted by molar-refractivity contribution is 0.0986. The van der Waals surface area contributed by atoms with E-state index in [2.05, 4.69) is 23.8 Å². The van der Waals surface area contributed by atoms with Gasteiger partial charge >= 0.3 is 0 Å². The molecule has 0 rings (SSSR count). The van der Waals surface area contributed by atoms with E-state index < -0.39 is 0 Å². The molecule has 0 amide bonds. The summed E-state index contributed by atoms with van der Waals surface area (Å²) in [5.41, 5.74) is 3.86. The maximum atomic E-state index is 4.60. The second-order valence-electron chi connectivity index (χ2n) is 1.63. The fourth-order valence-corrected chi connectivity index (χ4v) is 0.299. The van der Waals surface area contributed by atoms with Gasteiger partial charge < -0.3 is 4.84 Å². The second-order valence-corrected chi connectivity index (χ2v) is 1.63. The lowest BCUT2D eigenvalue weighted by Gasteiger charge is -2.00. The number of hydrogen-bond acceptors (Lipinski definition) is 2. The molecule has 1 N–H and O–H groups in total. The summed E-state index contributed by atoms with van der Waals surface area (Å²) in [4.78, 5) is 4.60. The molecule has 0 aliphatic heterocycles. The predicted molar refractivity (Wildman–Crippen MR) is 34.4 cm³/mol. The second kappa shape index (κ2) is 4.81. The fourth-order valence-electron chi connectivity index (χ4n) is 0.299. The number of hydroxylamine groups is 1. The first-order chi connectivity index (χ1) is 3.81. The highest BCUT2D eigenvalue weighted by molar-refractivity contribution is 4.93. The zero-order chi connectivity index (χ0) is 6.41. The van der Waals surface area contributed by atoms with Crippen molar-refractivity contribution in [3.63, 3.8) is 0 Å². The molecule has 0 aromatic carbocycles. The SMILES string of the molecule is C=C(CC)CNOC. The topological polar surface area (TPSA) is 21.3 Å². The molecule has 0 saturated heterocycles. The molecule has 2 heteroatoms. The van der Waals surface area contributed by atoms with E-state index in [9.17, 15) is 0 Å². The lowest BCUT2D eigenvalue weighted by atomic mass is 10.2. The van der Waals surface area contributed by atoms with E-state index >= 15 is 0 Å². The van der Waals surface area contributed by atoms with Crippen LogP contribution in [0.3, 0.4) is 0 Å². The standard InChI is InChI=1S/C6H13NO/c1-4-6(2)5-7-8-3/h7H,2,4-5H2,1,3H3. The van der Waals surface area contributed by atoms with Gasteiger partial charge in [-0.05, 0) is 6.42 Å². The van der Waals surface area contributed by atoms with Crippen LogP contribution >= 0.6 is 0 Å². The van der Waals surface area contributed by atoms with Crippen LogP contribution in [-0.4, -0.2) is 13.7 Å². The van der Waals surface area contributed by atoms with E-state index in [1.54, 1.807) is 7.11 Å². The quantitative estimate of drug-likeness (QED) is 0.437. The fraction of sp³-hybridized carbons (Fsp3) is 0.667. The van der Waals surface area contributed by atoms with Gasteiger partial charge in [0.05, 0.1) is 7.11 Å². The minimum atomic E-state index is 0.757. The molecule has 0 heterocycles. The Morgan fingerprint density at radius 3 is 2.75 bits per heavy atom. The molecule has 0 aromatic heterocycles. The average molecular weight is 115 g/mol. The Balaban J connectivity index is 2.99. The van der Waals surface area contributed by atoms with E-state index in [0.29, 0.717) is 0 Å². The third kappa shape index (κ3) is 3.84. The normalized spacial score (nSPS) is 9.25. The Labute approximate surface area is 50.5 Å². The van der Waals surface area contributed by atoms with Gasteiger partial charge in [0.15, 0.2) is 0 Å². The van der Waals surface area contributed by atoms with Crippen molar-refractivity contribution >= 4 is 0 Å². The molecule has 0 aromatic rings. The summed E-state index contributed by atoms with van der Waals surface area (Å²) < 4.78 is 0. The van der Waals surface area contributed by atoms with Crippen LogP contribution in [0.1, 0.15) is 13.3 Å². The van der Waals surface area contributed by atoms with Crippen molar-refractivity contribution in [2.45, 2.75) is 13.3 Å². The molecule has 0 unspecified atom stereocenters. The Morgan fingerprint density at radius 1 is 1.75 bits per heavy atom. The van der Waals surface area contributed by atoms with Gasteiger partial charge in [0.1, 0.15) is 0 Å². The summed E-state index contributed by atoms with van der Waals surface area (Å²) >= 11 is 0. The summed E-state index contributed by atoms with van der Waals surface area (Å²) in [7, 11) is 1.60. The molecule has 0 saturated carbocycles. The molecule has 0 aliphatic rings. The van der Waals surface area contributed by atoms with Crippen molar-refractivity contribution in [2.24, 2.45) is 0 Å². The minimum Gasteiger partial charge on any atom is -0.305 e. The number of rotatable bonds is 4. The van der Waals surface area contributed by atoms with Gasteiger partial charge in [0, 0.05) is 6.54 Å². The van der Waals surface area contributed by atoms with Crippen molar-refractivity contribution < 1.29 is 4.84 Å². The highest BCUT2D eigenvalue weighted by Crippen LogP contribution is 1.91. The van der Waals surface area contributed by atoms with Crippen LogP contribution in [-0.2, 0) is 4.84 Å². The maximum absolute atomic E-state index is 4.60. The third-order valence-electron chi connectivity index (χ3n) is 0.967. The maximum Gasteiger partial charge on any atom is 0.0572 e. The Morgan fingerprint density at radius 2 is 2.38 bits per heavy atom. The van der Waals surface area contributed by atoms with E-state index in [0.717, 1.165) is 18.5 Å². The van der Waals surface area contributed by atoms with Gasteiger partial charge in [-0.2, -0.15) is 5.48 Å². The molecule has 0 atom stereocenters. The van der Waals surface area contributed by atoms with Gasteiger partial charge in [-0.25, -0.2) is 0 Å². The Kier molecular flexibility index (Phi) is 4.61. The highest BCUT2D eigenvalue weighted by Gasteiger charge is 1.85. The van der Waals surface area contributed by atoms with E-state index in [-0.39, 0.29) is 0 Å². The Hall–Kier alpha value is -0.340. The van der Waals surface area contributed by atoms with Gasteiger partial charge in [0.2, 0.25) is 0 Å². The molecule has 0 spiro atoms. The van der Waals surface area contributed by atoms with Gasteiger partial charge in [-0.15, -0.1) is 0 Å². The Bertz CT molecular complexity index is 70.9. The molecule has 0 aliphatic carbocycles. The largest absolute Gasteiger partial charge is 0.305 e. The van der Waals surface area contributed by atoms with E-state index in [4.69, 9.17) is 0 Å². The van der Waals surface area contributed by atoms with Crippen LogP contribution in [0.15, 0.2) is 12.2 Å². The van der Waals surface area contributed by atoms with E-state index in [1.165, 1.54) is 0 Å². The summed E-state index contributed by atoms with van der Waals surface area (Å²) in [5, 5.41) is 0.